The minimum Gasteiger partial charge on any atom is -0.484 e. The largest absolute Gasteiger partial charge is 0.484 e. The standard InChI is InChI=1S/C18H17FN2O2S/c1-12(18-20-15-5-3-4-6-16(15)24-18)21(2)17(22)11-23-14-9-7-13(19)8-10-14/h3-10,12H,11H2,1-2H3/t12-/m0/s1. The van der Waals surface area contributed by atoms with E-state index < -0.39 is 0 Å². The molecule has 124 valence electrons. The van der Waals surface area contributed by atoms with Crippen LogP contribution in [0.5, 0.6) is 5.75 Å². The molecule has 3 aromatic rings. The Balaban J connectivity index is 1.64. The van der Waals surface area contributed by atoms with Crippen molar-refractivity contribution < 1.29 is 13.9 Å². The zero-order chi connectivity index (χ0) is 17.1. The predicted octanol–water partition coefficient (Wildman–Crippen LogP) is 4.03. The molecule has 2 aromatic carbocycles. The fourth-order valence-electron chi connectivity index (χ4n) is 2.23. The second-order valence-corrected chi connectivity index (χ2v) is 6.51. The van der Waals surface area contributed by atoms with E-state index in [1.54, 1.807) is 23.3 Å². The average Bonchev–Trinajstić information content (AvgIpc) is 3.03. The maximum Gasteiger partial charge on any atom is 0.260 e. The number of para-hydroxylation sites is 1. The third-order valence-corrected chi connectivity index (χ3v) is 5.02. The van der Waals surface area contributed by atoms with Crippen LogP contribution in [0.4, 0.5) is 4.39 Å². The van der Waals surface area contributed by atoms with Crippen LogP contribution in [0.15, 0.2) is 48.5 Å². The van der Waals surface area contributed by atoms with Crippen LogP contribution in [0, 0.1) is 5.82 Å². The maximum atomic E-state index is 12.9. The van der Waals surface area contributed by atoms with Crippen LogP contribution in [0.1, 0.15) is 18.0 Å². The van der Waals surface area contributed by atoms with Crippen molar-refractivity contribution in [1.29, 1.82) is 0 Å². The Morgan fingerprint density at radius 2 is 1.96 bits per heavy atom. The zero-order valence-electron chi connectivity index (χ0n) is 13.4. The van der Waals surface area contributed by atoms with Crippen molar-refractivity contribution >= 4 is 27.5 Å². The summed E-state index contributed by atoms with van der Waals surface area (Å²) in [6, 6.07) is 13.3. The first-order valence-electron chi connectivity index (χ1n) is 7.54. The van der Waals surface area contributed by atoms with E-state index in [0.29, 0.717) is 5.75 Å². The van der Waals surface area contributed by atoms with Crippen LogP contribution in [-0.4, -0.2) is 29.4 Å². The van der Waals surface area contributed by atoms with Gasteiger partial charge in [-0.05, 0) is 43.3 Å². The van der Waals surface area contributed by atoms with Gasteiger partial charge in [0.05, 0.1) is 16.3 Å². The Hall–Kier alpha value is -2.47. The fraction of sp³-hybridized carbons (Fsp3) is 0.222. The summed E-state index contributed by atoms with van der Waals surface area (Å²) in [4.78, 5) is 18.5. The molecule has 1 amide bonds. The van der Waals surface area contributed by atoms with E-state index in [1.807, 2.05) is 31.2 Å². The summed E-state index contributed by atoms with van der Waals surface area (Å²) in [5, 5.41) is 0.883. The quantitative estimate of drug-likeness (QED) is 0.702. The molecule has 24 heavy (non-hydrogen) atoms. The Morgan fingerprint density at radius 3 is 2.67 bits per heavy atom. The first-order chi connectivity index (χ1) is 11.5. The number of carbonyl (C=O) groups excluding carboxylic acids is 1. The lowest BCUT2D eigenvalue weighted by Crippen LogP contribution is -2.33. The van der Waals surface area contributed by atoms with Gasteiger partial charge >= 0.3 is 0 Å². The van der Waals surface area contributed by atoms with Gasteiger partial charge in [0, 0.05) is 7.05 Å². The van der Waals surface area contributed by atoms with Gasteiger partial charge in [-0.1, -0.05) is 12.1 Å². The van der Waals surface area contributed by atoms with E-state index in [-0.39, 0.29) is 24.4 Å². The molecule has 0 bridgehead atoms. The monoisotopic (exact) mass is 344 g/mol. The van der Waals surface area contributed by atoms with Crippen molar-refractivity contribution in [3.05, 3.63) is 59.4 Å². The molecule has 1 atom stereocenters. The number of ether oxygens (including phenoxy) is 1. The van der Waals surface area contributed by atoms with E-state index in [9.17, 15) is 9.18 Å². The molecule has 0 radical (unpaired) electrons. The number of aromatic nitrogens is 1. The van der Waals surface area contributed by atoms with Crippen LogP contribution < -0.4 is 4.74 Å². The zero-order valence-corrected chi connectivity index (χ0v) is 14.2. The van der Waals surface area contributed by atoms with Gasteiger partial charge < -0.3 is 9.64 Å². The molecule has 4 nitrogen and oxygen atoms in total. The number of thiazole rings is 1. The number of benzene rings is 2. The summed E-state index contributed by atoms with van der Waals surface area (Å²) in [7, 11) is 1.73. The minimum absolute atomic E-state index is 0.0998. The van der Waals surface area contributed by atoms with Crippen molar-refractivity contribution in [2.24, 2.45) is 0 Å². The van der Waals surface area contributed by atoms with E-state index in [1.165, 1.54) is 24.3 Å². The first-order valence-corrected chi connectivity index (χ1v) is 8.36. The molecule has 0 aliphatic heterocycles. The van der Waals surface area contributed by atoms with Gasteiger partial charge in [0.25, 0.3) is 5.91 Å². The number of likely N-dealkylation sites (N-methyl/N-ethyl adjacent to an activating group) is 1. The van der Waals surface area contributed by atoms with Crippen LogP contribution in [-0.2, 0) is 4.79 Å². The molecular weight excluding hydrogens is 327 g/mol. The smallest absolute Gasteiger partial charge is 0.260 e. The molecule has 3 rings (SSSR count). The lowest BCUT2D eigenvalue weighted by atomic mass is 10.3. The number of nitrogens with zero attached hydrogens (tertiary/aromatic N) is 2. The van der Waals surface area contributed by atoms with Crippen molar-refractivity contribution in [2.75, 3.05) is 13.7 Å². The molecule has 0 saturated heterocycles. The first kappa shape index (κ1) is 16.4. The van der Waals surface area contributed by atoms with E-state index in [0.717, 1.165) is 15.2 Å². The molecule has 1 aromatic heterocycles. The average molecular weight is 344 g/mol. The summed E-state index contributed by atoms with van der Waals surface area (Å²) in [6.45, 7) is 1.84. The van der Waals surface area contributed by atoms with Gasteiger partial charge in [-0.2, -0.15) is 0 Å². The Kier molecular flexibility index (Phi) is 4.76. The minimum atomic E-state index is -0.338. The van der Waals surface area contributed by atoms with Crippen LogP contribution in [0.25, 0.3) is 10.2 Å². The Labute approximate surface area is 143 Å². The van der Waals surface area contributed by atoms with Crippen molar-refractivity contribution in [1.82, 2.24) is 9.88 Å². The van der Waals surface area contributed by atoms with Crippen LogP contribution in [0.2, 0.25) is 0 Å². The van der Waals surface area contributed by atoms with E-state index in [2.05, 4.69) is 4.98 Å². The molecule has 0 aliphatic rings. The van der Waals surface area contributed by atoms with Gasteiger partial charge in [-0.3, -0.25) is 4.79 Å². The summed E-state index contributed by atoms with van der Waals surface area (Å²) in [5.74, 6) is -0.0351. The van der Waals surface area contributed by atoms with Gasteiger partial charge in [0.1, 0.15) is 16.6 Å². The number of fused-ring (bicyclic) bond motifs is 1. The lowest BCUT2D eigenvalue weighted by Gasteiger charge is -2.23. The van der Waals surface area contributed by atoms with Crippen LogP contribution >= 0.6 is 11.3 Å². The highest BCUT2D eigenvalue weighted by Crippen LogP contribution is 2.28. The van der Waals surface area contributed by atoms with Crippen molar-refractivity contribution in [2.45, 2.75) is 13.0 Å². The predicted molar refractivity (Wildman–Crippen MR) is 92.7 cm³/mol. The highest BCUT2D eigenvalue weighted by Gasteiger charge is 2.21. The number of hydrogen-bond acceptors (Lipinski definition) is 4. The third kappa shape index (κ3) is 3.54. The topological polar surface area (TPSA) is 42.4 Å². The normalized spacial score (nSPS) is 12.1. The molecule has 0 saturated carbocycles. The van der Waals surface area contributed by atoms with Gasteiger partial charge in [0.15, 0.2) is 6.61 Å². The molecule has 0 fully saturated rings. The second-order valence-electron chi connectivity index (χ2n) is 5.44. The van der Waals surface area contributed by atoms with Crippen LogP contribution in [0.3, 0.4) is 0 Å². The lowest BCUT2D eigenvalue weighted by molar-refractivity contribution is -0.134. The molecular formula is C18H17FN2O2S. The summed E-state index contributed by atoms with van der Waals surface area (Å²) < 4.78 is 19.4. The van der Waals surface area contributed by atoms with E-state index in [4.69, 9.17) is 4.74 Å². The number of carbonyl (C=O) groups is 1. The summed E-state index contributed by atoms with van der Waals surface area (Å²) in [5.41, 5.74) is 0.938. The van der Waals surface area contributed by atoms with E-state index >= 15 is 0 Å². The highest BCUT2D eigenvalue weighted by molar-refractivity contribution is 7.18. The number of hydrogen-bond donors (Lipinski definition) is 0. The highest BCUT2D eigenvalue weighted by atomic mass is 32.1. The SMILES string of the molecule is C[C@@H](c1nc2ccccc2s1)N(C)C(=O)COc1ccc(F)cc1. The third-order valence-electron chi connectivity index (χ3n) is 3.82. The van der Waals surface area contributed by atoms with Gasteiger partial charge in [0.2, 0.25) is 0 Å². The second kappa shape index (κ2) is 6.97. The number of rotatable bonds is 5. The Morgan fingerprint density at radius 1 is 1.25 bits per heavy atom. The molecule has 0 unspecified atom stereocenters. The fourth-order valence-corrected chi connectivity index (χ4v) is 3.29. The summed E-state index contributed by atoms with van der Waals surface area (Å²) in [6.07, 6.45) is 0. The summed E-state index contributed by atoms with van der Waals surface area (Å²) >= 11 is 1.58. The van der Waals surface area contributed by atoms with Crippen molar-refractivity contribution in [3.63, 3.8) is 0 Å². The molecule has 0 aliphatic carbocycles. The molecule has 1 heterocycles. The van der Waals surface area contributed by atoms with Gasteiger partial charge in [-0.25, -0.2) is 9.37 Å². The Bertz CT molecular complexity index is 815. The maximum absolute atomic E-state index is 12.9. The van der Waals surface area contributed by atoms with Crippen molar-refractivity contribution in [3.8, 4) is 5.75 Å². The molecule has 0 spiro atoms. The van der Waals surface area contributed by atoms with Gasteiger partial charge in [-0.15, -0.1) is 11.3 Å². The number of halogens is 1. The number of amides is 1. The molecule has 6 heteroatoms. The molecule has 0 N–H and O–H groups in total.